The Morgan fingerprint density at radius 3 is 2.50 bits per heavy atom. The lowest BCUT2D eigenvalue weighted by Gasteiger charge is -2.17. The Bertz CT molecular complexity index is 885. The Kier molecular flexibility index (Phi) is 4.67. The van der Waals surface area contributed by atoms with E-state index in [1.807, 2.05) is 0 Å². The number of anilines is 2. The summed E-state index contributed by atoms with van der Waals surface area (Å²) in [5.74, 6) is -0.315. The number of carbonyl (C=O) groups excluding carboxylic acids is 1. The standard InChI is InChI=1S/C15H13Cl2N3O3S/c16-10-8-13(17)14(18-9-10)15(21)19-11-2-4-12(5-3-11)20-6-1-7-24(20,22)23/h2-5,8-9H,1,6-7H2,(H,19,21). The zero-order valence-corrected chi connectivity index (χ0v) is 14.7. The van der Waals surface area contributed by atoms with E-state index in [4.69, 9.17) is 23.2 Å². The molecule has 0 atom stereocenters. The number of nitrogens with one attached hydrogen (secondary N) is 1. The van der Waals surface area contributed by atoms with Crippen molar-refractivity contribution in [3.8, 4) is 0 Å². The highest BCUT2D eigenvalue weighted by Gasteiger charge is 2.28. The molecule has 0 unspecified atom stereocenters. The summed E-state index contributed by atoms with van der Waals surface area (Å²) < 4.78 is 25.2. The lowest BCUT2D eigenvalue weighted by molar-refractivity contribution is 0.102. The number of aromatic nitrogens is 1. The number of nitrogens with zero attached hydrogens (tertiary/aromatic N) is 2. The molecule has 6 nitrogen and oxygen atoms in total. The monoisotopic (exact) mass is 385 g/mol. The topological polar surface area (TPSA) is 79.4 Å². The van der Waals surface area contributed by atoms with E-state index in [1.54, 1.807) is 24.3 Å². The minimum Gasteiger partial charge on any atom is -0.321 e. The van der Waals surface area contributed by atoms with Crippen LogP contribution in [0.4, 0.5) is 11.4 Å². The van der Waals surface area contributed by atoms with Crippen LogP contribution in [0, 0.1) is 0 Å². The molecular weight excluding hydrogens is 373 g/mol. The molecule has 0 saturated carbocycles. The van der Waals surface area contributed by atoms with Crippen molar-refractivity contribution in [1.82, 2.24) is 4.98 Å². The van der Waals surface area contributed by atoms with Crippen molar-refractivity contribution < 1.29 is 13.2 Å². The first-order chi connectivity index (χ1) is 11.4. The quantitative estimate of drug-likeness (QED) is 0.879. The normalized spacial score (nSPS) is 16.2. The first-order valence-corrected chi connectivity index (χ1v) is 9.46. The third kappa shape index (κ3) is 3.48. The van der Waals surface area contributed by atoms with Gasteiger partial charge in [-0.2, -0.15) is 0 Å². The van der Waals surface area contributed by atoms with Crippen LogP contribution in [0.15, 0.2) is 36.5 Å². The molecule has 1 N–H and O–H groups in total. The molecule has 0 aliphatic carbocycles. The summed E-state index contributed by atoms with van der Waals surface area (Å²) in [6.07, 6.45) is 1.95. The predicted octanol–water partition coefficient (Wildman–Crippen LogP) is 3.18. The number of amides is 1. The third-order valence-electron chi connectivity index (χ3n) is 3.54. The molecule has 126 valence electrons. The van der Waals surface area contributed by atoms with E-state index < -0.39 is 15.9 Å². The van der Waals surface area contributed by atoms with Gasteiger partial charge in [0, 0.05) is 18.4 Å². The maximum Gasteiger partial charge on any atom is 0.275 e. The van der Waals surface area contributed by atoms with E-state index in [9.17, 15) is 13.2 Å². The van der Waals surface area contributed by atoms with Gasteiger partial charge < -0.3 is 5.32 Å². The van der Waals surface area contributed by atoms with Crippen molar-refractivity contribution in [1.29, 1.82) is 0 Å². The molecule has 1 amide bonds. The lowest BCUT2D eigenvalue weighted by atomic mass is 10.2. The van der Waals surface area contributed by atoms with Gasteiger partial charge in [0.1, 0.15) is 5.69 Å². The molecule has 1 aromatic carbocycles. The number of benzene rings is 1. The fourth-order valence-electron chi connectivity index (χ4n) is 2.41. The van der Waals surface area contributed by atoms with Gasteiger partial charge in [-0.05, 0) is 36.8 Å². The largest absolute Gasteiger partial charge is 0.321 e. The summed E-state index contributed by atoms with van der Waals surface area (Å²) in [4.78, 5) is 16.1. The Morgan fingerprint density at radius 2 is 1.92 bits per heavy atom. The van der Waals surface area contributed by atoms with Crippen LogP contribution < -0.4 is 9.62 Å². The third-order valence-corrected chi connectivity index (χ3v) is 5.90. The molecule has 0 bridgehead atoms. The van der Waals surface area contributed by atoms with E-state index >= 15 is 0 Å². The second-order valence-corrected chi connectivity index (χ2v) is 8.08. The maximum atomic E-state index is 12.2. The highest BCUT2D eigenvalue weighted by Crippen LogP contribution is 2.26. The van der Waals surface area contributed by atoms with Crippen LogP contribution in [0.3, 0.4) is 0 Å². The van der Waals surface area contributed by atoms with Gasteiger partial charge in [0.05, 0.1) is 21.5 Å². The number of hydrogen-bond acceptors (Lipinski definition) is 4. The Hall–Kier alpha value is -1.83. The fraction of sp³-hybridized carbons (Fsp3) is 0.200. The van der Waals surface area contributed by atoms with E-state index in [0.29, 0.717) is 29.4 Å². The predicted molar refractivity (Wildman–Crippen MR) is 94.4 cm³/mol. The summed E-state index contributed by atoms with van der Waals surface area (Å²) in [6, 6.07) is 7.99. The number of halogens is 2. The Morgan fingerprint density at radius 1 is 1.21 bits per heavy atom. The van der Waals surface area contributed by atoms with Gasteiger partial charge in [0.15, 0.2) is 0 Å². The molecule has 2 heterocycles. The minimum absolute atomic E-state index is 0.0623. The average molecular weight is 386 g/mol. The van der Waals surface area contributed by atoms with Crippen molar-refractivity contribution >= 4 is 50.5 Å². The smallest absolute Gasteiger partial charge is 0.275 e. The summed E-state index contributed by atoms with van der Waals surface area (Å²) in [6.45, 7) is 0.471. The van der Waals surface area contributed by atoms with E-state index in [-0.39, 0.29) is 16.5 Å². The summed E-state index contributed by atoms with van der Waals surface area (Å²) in [5, 5.41) is 3.15. The molecule has 1 aliphatic heterocycles. The fourth-order valence-corrected chi connectivity index (χ4v) is 4.44. The molecular formula is C15H13Cl2N3O3S. The molecule has 1 aromatic heterocycles. The first kappa shape index (κ1) is 17.0. The van der Waals surface area contributed by atoms with Crippen molar-refractivity contribution in [2.24, 2.45) is 0 Å². The minimum atomic E-state index is -3.22. The molecule has 9 heteroatoms. The van der Waals surface area contributed by atoms with Gasteiger partial charge in [-0.1, -0.05) is 23.2 Å². The molecule has 1 aliphatic rings. The van der Waals surface area contributed by atoms with Crippen molar-refractivity contribution in [2.75, 3.05) is 21.9 Å². The van der Waals surface area contributed by atoms with Gasteiger partial charge >= 0.3 is 0 Å². The van der Waals surface area contributed by atoms with E-state index in [0.717, 1.165) is 0 Å². The van der Waals surface area contributed by atoms with Crippen molar-refractivity contribution in [3.05, 3.63) is 52.3 Å². The van der Waals surface area contributed by atoms with Gasteiger partial charge in [0.2, 0.25) is 10.0 Å². The molecule has 1 fully saturated rings. The Balaban J connectivity index is 1.76. The highest BCUT2D eigenvalue weighted by molar-refractivity contribution is 7.93. The number of carbonyl (C=O) groups is 1. The maximum absolute atomic E-state index is 12.2. The number of hydrogen-bond donors (Lipinski definition) is 1. The zero-order valence-electron chi connectivity index (χ0n) is 12.4. The Labute approximate surface area is 149 Å². The summed E-state index contributed by atoms with van der Waals surface area (Å²) in [7, 11) is -3.22. The van der Waals surface area contributed by atoms with Gasteiger partial charge in [-0.3, -0.25) is 9.10 Å². The zero-order chi connectivity index (χ0) is 17.3. The van der Waals surface area contributed by atoms with E-state index in [2.05, 4.69) is 10.3 Å². The summed E-state index contributed by atoms with van der Waals surface area (Å²) >= 11 is 11.7. The van der Waals surface area contributed by atoms with Gasteiger partial charge in [0.25, 0.3) is 5.91 Å². The molecule has 0 radical (unpaired) electrons. The first-order valence-electron chi connectivity index (χ1n) is 7.10. The molecule has 2 aromatic rings. The number of rotatable bonds is 3. The van der Waals surface area contributed by atoms with Crippen LogP contribution in [-0.2, 0) is 10.0 Å². The second-order valence-electron chi connectivity index (χ2n) is 5.23. The van der Waals surface area contributed by atoms with Crippen LogP contribution in [0.5, 0.6) is 0 Å². The second kappa shape index (κ2) is 6.58. The summed E-state index contributed by atoms with van der Waals surface area (Å²) in [5.41, 5.74) is 1.15. The van der Waals surface area contributed by atoms with Gasteiger partial charge in [-0.15, -0.1) is 0 Å². The van der Waals surface area contributed by atoms with Crippen molar-refractivity contribution in [2.45, 2.75) is 6.42 Å². The highest BCUT2D eigenvalue weighted by atomic mass is 35.5. The SMILES string of the molecule is O=C(Nc1ccc(N2CCCS2(=O)=O)cc1)c1ncc(Cl)cc1Cl. The number of pyridine rings is 1. The molecule has 1 saturated heterocycles. The van der Waals surface area contributed by atoms with Crippen LogP contribution in [0.1, 0.15) is 16.9 Å². The van der Waals surface area contributed by atoms with Crippen LogP contribution >= 0.6 is 23.2 Å². The van der Waals surface area contributed by atoms with Gasteiger partial charge in [-0.25, -0.2) is 13.4 Å². The molecule has 0 spiro atoms. The van der Waals surface area contributed by atoms with Crippen LogP contribution in [0.2, 0.25) is 10.0 Å². The van der Waals surface area contributed by atoms with Crippen LogP contribution in [-0.4, -0.2) is 31.6 Å². The van der Waals surface area contributed by atoms with E-state index in [1.165, 1.54) is 16.6 Å². The average Bonchev–Trinajstić information content (AvgIpc) is 2.87. The lowest BCUT2D eigenvalue weighted by Crippen LogP contribution is -2.25. The number of sulfonamides is 1. The molecule has 24 heavy (non-hydrogen) atoms. The van der Waals surface area contributed by atoms with Crippen LogP contribution in [0.25, 0.3) is 0 Å². The molecule has 3 rings (SSSR count). The van der Waals surface area contributed by atoms with Crippen molar-refractivity contribution in [3.63, 3.8) is 0 Å².